The van der Waals surface area contributed by atoms with E-state index in [2.05, 4.69) is 22.5 Å². The Labute approximate surface area is 81.2 Å². The van der Waals surface area contributed by atoms with Gasteiger partial charge in [0.25, 0.3) is 0 Å². The fraction of sp³-hybridized carbons (Fsp3) is 0.200. The van der Waals surface area contributed by atoms with E-state index < -0.39 is 0 Å². The molecule has 0 spiro atoms. The molecule has 0 saturated carbocycles. The van der Waals surface area contributed by atoms with Crippen LogP contribution in [-0.2, 0) is 0 Å². The summed E-state index contributed by atoms with van der Waals surface area (Å²) >= 11 is 3.40. The van der Waals surface area contributed by atoms with Crippen molar-refractivity contribution in [2.24, 2.45) is 0 Å². The molecule has 0 aromatic heterocycles. The van der Waals surface area contributed by atoms with Crippen LogP contribution in [0, 0.1) is 0 Å². The van der Waals surface area contributed by atoms with E-state index in [4.69, 9.17) is 4.74 Å². The molecule has 0 fully saturated rings. The van der Waals surface area contributed by atoms with Crippen LogP contribution in [0.25, 0.3) is 5.57 Å². The van der Waals surface area contributed by atoms with Crippen LogP contribution in [0.1, 0.15) is 12.5 Å². The van der Waals surface area contributed by atoms with Crippen molar-refractivity contribution in [1.82, 2.24) is 0 Å². The van der Waals surface area contributed by atoms with E-state index in [1.54, 1.807) is 7.11 Å². The monoisotopic (exact) mass is 226 g/mol. The summed E-state index contributed by atoms with van der Waals surface area (Å²) in [6.45, 7) is 5.84. The van der Waals surface area contributed by atoms with Crippen LogP contribution in [0.4, 0.5) is 0 Å². The molecule has 0 saturated heterocycles. The molecule has 0 N–H and O–H groups in total. The van der Waals surface area contributed by atoms with Crippen molar-refractivity contribution < 1.29 is 4.74 Å². The lowest BCUT2D eigenvalue weighted by Crippen LogP contribution is -1.88. The first-order valence-electron chi connectivity index (χ1n) is 3.64. The molecule has 0 bridgehead atoms. The van der Waals surface area contributed by atoms with E-state index in [0.29, 0.717) is 0 Å². The summed E-state index contributed by atoms with van der Waals surface area (Å²) in [5.41, 5.74) is 2.06. The zero-order chi connectivity index (χ0) is 9.14. The summed E-state index contributed by atoms with van der Waals surface area (Å²) < 4.78 is 6.22. The van der Waals surface area contributed by atoms with Crippen LogP contribution in [0.5, 0.6) is 5.75 Å². The zero-order valence-electron chi connectivity index (χ0n) is 7.23. The highest BCUT2D eigenvalue weighted by molar-refractivity contribution is 9.10. The smallest absolute Gasteiger partial charge is 0.126 e. The largest absolute Gasteiger partial charge is 0.496 e. The summed E-state index contributed by atoms with van der Waals surface area (Å²) in [5, 5.41) is 0. The molecule has 2 heteroatoms. The van der Waals surface area contributed by atoms with Gasteiger partial charge in [-0.15, -0.1) is 0 Å². The second-order valence-electron chi connectivity index (χ2n) is 2.62. The minimum absolute atomic E-state index is 0.866. The summed E-state index contributed by atoms with van der Waals surface area (Å²) in [6.07, 6.45) is 0. The molecule has 0 aliphatic carbocycles. The van der Waals surface area contributed by atoms with Gasteiger partial charge in [-0.25, -0.2) is 0 Å². The standard InChI is InChI=1S/C10H11BrO/c1-7(2)9-6-8(11)4-5-10(9)12-3/h4-6H,1H2,2-3H3. The molecule has 1 aromatic carbocycles. The van der Waals surface area contributed by atoms with Crippen molar-refractivity contribution in [2.75, 3.05) is 7.11 Å². The van der Waals surface area contributed by atoms with Gasteiger partial charge in [0.1, 0.15) is 5.75 Å². The van der Waals surface area contributed by atoms with Crippen molar-refractivity contribution in [3.05, 3.63) is 34.8 Å². The first kappa shape index (κ1) is 9.33. The Morgan fingerprint density at radius 1 is 1.50 bits per heavy atom. The van der Waals surface area contributed by atoms with Gasteiger partial charge < -0.3 is 4.74 Å². The van der Waals surface area contributed by atoms with Gasteiger partial charge >= 0.3 is 0 Å². The molecular weight excluding hydrogens is 216 g/mol. The van der Waals surface area contributed by atoms with E-state index in [1.165, 1.54) is 0 Å². The average Bonchev–Trinajstić information content (AvgIpc) is 2.04. The second-order valence-corrected chi connectivity index (χ2v) is 3.54. The molecular formula is C10H11BrO. The van der Waals surface area contributed by atoms with Gasteiger partial charge in [0.2, 0.25) is 0 Å². The van der Waals surface area contributed by atoms with Crippen LogP contribution in [0.15, 0.2) is 29.3 Å². The third kappa shape index (κ3) is 1.89. The van der Waals surface area contributed by atoms with Crippen molar-refractivity contribution in [1.29, 1.82) is 0 Å². The minimum atomic E-state index is 0.866. The van der Waals surface area contributed by atoms with Gasteiger partial charge in [-0.05, 0) is 30.7 Å². The predicted molar refractivity (Wildman–Crippen MR) is 55.4 cm³/mol. The van der Waals surface area contributed by atoms with E-state index >= 15 is 0 Å². The molecule has 64 valence electrons. The van der Waals surface area contributed by atoms with Crippen molar-refractivity contribution in [3.8, 4) is 5.75 Å². The van der Waals surface area contributed by atoms with E-state index in [9.17, 15) is 0 Å². The molecule has 1 nitrogen and oxygen atoms in total. The van der Waals surface area contributed by atoms with Gasteiger partial charge in [-0.2, -0.15) is 0 Å². The highest BCUT2D eigenvalue weighted by Crippen LogP contribution is 2.27. The summed E-state index contributed by atoms with van der Waals surface area (Å²) in [7, 11) is 1.66. The molecule has 1 rings (SSSR count). The number of halogens is 1. The first-order chi connectivity index (χ1) is 5.65. The summed E-state index contributed by atoms with van der Waals surface area (Å²) in [6, 6.07) is 5.88. The Bertz CT molecular complexity index is 305. The van der Waals surface area contributed by atoms with Crippen molar-refractivity contribution in [2.45, 2.75) is 6.92 Å². The SMILES string of the molecule is C=C(C)c1cc(Br)ccc1OC. The third-order valence-corrected chi connectivity index (χ3v) is 2.11. The molecule has 0 aliphatic heterocycles. The average molecular weight is 227 g/mol. The van der Waals surface area contributed by atoms with Crippen LogP contribution in [0.2, 0.25) is 0 Å². The van der Waals surface area contributed by atoms with Crippen LogP contribution in [0.3, 0.4) is 0 Å². The van der Waals surface area contributed by atoms with E-state index in [-0.39, 0.29) is 0 Å². The fourth-order valence-corrected chi connectivity index (χ4v) is 1.37. The van der Waals surface area contributed by atoms with Gasteiger partial charge in [-0.1, -0.05) is 22.5 Å². The Balaban J connectivity index is 3.21. The highest BCUT2D eigenvalue weighted by Gasteiger charge is 2.02. The second kappa shape index (κ2) is 3.76. The molecule has 1 aromatic rings. The van der Waals surface area contributed by atoms with E-state index in [0.717, 1.165) is 21.4 Å². The molecule has 0 atom stereocenters. The number of hydrogen-bond acceptors (Lipinski definition) is 1. The topological polar surface area (TPSA) is 9.23 Å². The number of benzene rings is 1. The number of methoxy groups -OCH3 is 1. The lowest BCUT2D eigenvalue weighted by atomic mass is 10.1. The third-order valence-electron chi connectivity index (χ3n) is 1.62. The summed E-state index contributed by atoms with van der Waals surface area (Å²) in [5.74, 6) is 0.866. The number of hydrogen-bond donors (Lipinski definition) is 0. The predicted octanol–water partition coefficient (Wildman–Crippen LogP) is 3.49. The highest BCUT2D eigenvalue weighted by atomic mass is 79.9. The fourth-order valence-electron chi connectivity index (χ4n) is 1.01. The molecule has 0 unspecified atom stereocenters. The molecule has 0 aliphatic rings. The molecule has 0 radical (unpaired) electrons. The molecule has 0 heterocycles. The number of rotatable bonds is 2. The van der Waals surface area contributed by atoms with Gasteiger partial charge in [-0.3, -0.25) is 0 Å². The van der Waals surface area contributed by atoms with Gasteiger partial charge in [0, 0.05) is 10.0 Å². The normalized spacial score (nSPS) is 9.58. The molecule has 0 amide bonds. The van der Waals surface area contributed by atoms with Crippen molar-refractivity contribution in [3.63, 3.8) is 0 Å². The lowest BCUT2D eigenvalue weighted by Gasteiger charge is -2.07. The quantitative estimate of drug-likeness (QED) is 0.751. The molecule has 12 heavy (non-hydrogen) atoms. The number of allylic oxidation sites excluding steroid dienone is 1. The Morgan fingerprint density at radius 2 is 2.17 bits per heavy atom. The first-order valence-corrected chi connectivity index (χ1v) is 4.44. The van der Waals surface area contributed by atoms with Gasteiger partial charge in [0.05, 0.1) is 7.11 Å². The maximum atomic E-state index is 5.18. The zero-order valence-corrected chi connectivity index (χ0v) is 8.81. The van der Waals surface area contributed by atoms with Gasteiger partial charge in [0.15, 0.2) is 0 Å². The number of ether oxygens (including phenoxy) is 1. The van der Waals surface area contributed by atoms with E-state index in [1.807, 2.05) is 25.1 Å². The maximum absolute atomic E-state index is 5.18. The van der Waals surface area contributed by atoms with Crippen LogP contribution < -0.4 is 4.74 Å². The van der Waals surface area contributed by atoms with Crippen LogP contribution >= 0.6 is 15.9 Å². The van der Waals surface area contributed by atoms with Crippen molar-refractivity contribution >= 4 is 21.5 Å². The maximum Gasteiger partial charge on any atom is 0.126 e. The Morgan fingerprint density at radius 3 is 2.67 bits per heavy atom. The minimum Gasteiger partial charge on any atom is -0.496 e. The Hall–Kier alpha value is -0.760. The summed E-state index contributed by atoms with van der Waals surface area (Å²) in [4.78, 5) is 0. The lowest BCUT2D eigenvalue weighted by molar-refractivity contribution is 0.413. The Kier molecular flexibility index (Phi) is 2.93. The van der Waals surface area contributed by atoms with Crippen LogP contribution in [-0.4, -0.2) is 7.11 Å².